The van der Waals surface area contributed by atoms with Gasteiger partial charge in [0.1, 0.15) is 0 Å². The summed E-state index contributed by atoms with van der Waals surface area (Å²) in [6.07, 6.45) is 0.908. The molecule has 0 spiro atoms. The second-order valence-corrected chi connectivity index (χ2v) is 8.20. The van der Waals surface area contributed by atoms with Gasteiger partial charge in [-0.1, -0.05) is 29.8 Å². The topological polar surface area (TPSA) is 35.6 Å². The lowest BCUT2D eigenvalue weighted by atomic mass is 10.1. The Morgan fingerprint density at radius 2 is 1.92 bits per heavy atom. The maximum absolute atomic E-state index is 12.4. The molecular weight excluding hydrogens is 366 g/mol. The third kappa shape index (κ3) is 5.55. The zero-order chi connectivity index (χ0) is 18.4. The first-order valence-corrected chi connectivity index (χ1v) is 10.4. The standard InChI is InChI=1S/C20H26ClN3OS/c1-16(20(25)22-9-8-19-3-2-14-26-19)24-12-10-23(11-13-24)15-17-4-6-18(21)7-5-17/h2-7,14,16H,8-13,15H2,1H3,(H,22,25)/t16-/m0/s1. The Labute approximate surface area is 164 Å². The second kappa shape index (κ2) is 9.51. The molecule has 6 heteroatoms. The molecule has 0 aliphatic carbocycles. The van der Waals surface area contributed by atoms with E-state index in [0.717, 1.165) is 44.2 Å². The molecule has 1 N–H and O–H groups in total. The maximum atomic E-state index is 12.4. The van der Waals surface area contributed by atoms with E-state index in [1.165, 1.54) is 10.4 Å². The van der Waals surface area contributed by atoms with Crippen LogP contribution in [-0.2, 0) is 17.8 Å². The van der Waals surface area contributed by atoms with Crippen molar-refractivity contribution in [1.82, 2.24) is 15.1 Å². The highest BCUT2D eigenvalue weighted by molar-refractivity contribution is 7.09. The zero-order valence-electron chi connectivity index (χ0n) is 15.2. The number of rotatable bonds is 7. The molecule has 4 nitrogen and oxygen atoms in total. The summed E-state index contributed by atoms with van der Waals surface area (Å²) in [7, 11) is 0. The highest BCUT2D eigenvalue weighted by Crippen LogP contribution is 2.14. The van der Waals surface area contributed by atoms with Gasteiger partial charge in [-0.25, -0.2) is 0 Å². The van der Waals surface area contributed by atoms with Gasteiger partial charge in [0.25, 0.3) is 0 Å². The van der Waals surface area contributed by atoms with Gasteiger partial charge in [-0.2, -0.15) is 0 Å². The summed E-state index contributed by atoms with van der Waals surface area (Å²) >= 11 is 7.68. The van der Waals surface area contributed by atoms with Crippen LogP contribution >= 0.6 is 22.9 Å². The highest BCUT2D eigenvalue weighted by atomic mass is 35.5. The van der Waals surface area contributed by atoms with Gasteiger partial charge < -0.3 is 5.32 Å². The van der Waals surface area contributed by atoms with Crippen molar-refractivity contribution in [2.75, 3.05) is 32.7 Å². The van der Waals surface area contributed by atoms with Crippen molar-refractivity contribution in [3.05, 3.63) is 57.2 Å². The van der Waals surface area contributed by atoms with Gasteiger partial charge in [-0.3, -0.25) is 14.6 Å². The van der Waals surface area contributed by atoms with Crippen molar-refractivity contribution < 1.29 is 4.79 Å². The minimum atomic E-state index is -0.0731. The first kappa shape index (κ1) is 19.4. The summed E-state index contributed by atoms with van der Waals surface area (Å²) in [6, 6.07) is 12.1. The van der Waals surface area contributed by atoms with Gasteiger partial charge in [-0.05, 0) is 42.5 Å². The van der Waals surface area contributed by atoms with Crippen molar-refractivity contribution in [2.45, 2.75) is 25.9 Å². The van der Waals surface area contributed by atoms with Crippen LogP contribution in [0.1, 0.15) is 17.4 Å². The van der Waals surface area contributed by atoms with Crippen LogP contribution in [0.2, 0.25) is 5.02 Å². The van der Waals surface area contributed by atoms with Gasteiger partial charge in [0.05, 0.1) is 6.04 Å². The molecule has 26 heavy (non-hydrogen) atoms. The molecule has 1 aromatic carbocycles. The average Bonchev–Trinajstić information content (AvgIpc) is 3.17. The van der Waals surface area contributed by atoms with Crippen LogP contribution in [0, 0.1) is 0 Å². The maximum Gasteiger partial charge on any atom is 0.237 e. The SMILES string of the molecule is C[C@@H](C(=O)NCCc1cccs1)N1CCN(Cc2ccc(Cl)cc2)CC1. The minimum Gasteiger partial charge on any atom is -0.354 e. The third-order valence-electron chi connectivity index (χ3n) is 4.90. The predicted molar refractivity (Wildman–Crippen MR) is 109 cm³/mol. The number of carbonyl (C=O) groups excluding carboxylic acids is 1. The molecular formula is C20H26ClN3OS. The zero-order valence-corrected chi connectivity index (χ0v) is 16.7. The van der Waals surface area contributed by atoms with Crippen LogP contribution in [-0.4, -0.2) is 54.5 Å². The Kier molecular flexibility index (Phi) is 7.08. The number of nitrogens with one attached hydrogen (secondary N) is 1. The summed E-state index contributed by atoms with van der Waals surface area (Å²) in [6.45, 7) is 7.47. The number of carbonyl (C=O) groups is 1. The molecule has 1 aliphatic rings. The number of piperazine rings is 1. The molecule has 1 amide bonds. The molecule has 1 atom stereocenters. The lowest BCUT2D eigenvalue weighted by Crippen LogP contribution is -2.53. The molecule has 1 aliphatic heterocycles. The summed E-state index contributed by atoms with van der Waals surface area (Å²) in [5.41, 5.74) is 1.28. The second-order valence-electron chi connectivity index (χ2n) is 6.73. The predicted octanol–water partition coefficient (Wildman–Crippen LogP) is 3.27. The monoisotopic (exact) mass is 391 g/mol. The molecule has 140 valence electrons. The number of benzene rings is 1. The van der Waals surface area contributed by atoms with E-state index in [4.69, 9.17) is 11.6 Å². The summed E-state index contributed by atoms with van der Waals surface area (Å²) < 4.78 is 0. The lowest BCUT2D eigenvalue weighted by molar-refractivity contribution is -0.126. The number of hydrogen-bond acceptors (Lipinski definition) is 4. The van der Waals surface area contributed by atoms with Gasteiger partial charge in [0, 0.05) is 49.2 Å². The van der Waals surface area contributed by atoms with Gasteiger partial charge in [0.15, 0.2) is 0 Å². The third-order valence-corrected chi connectivity index (χ3v) is 6.09. The molecule has 1 fully saturated rings. The highest BCUT2D eigenvalue weighted by Gasteiger charge is 2.25. The van der Waals surface area contributed by atoms with Crippen LogP contribution in [0.3, 0.4) is 0 Å². The first-order chi connectivity index (χ1) is 12.6. The molecule has 0 radical (unpaired) electrons. The fourth-order valence-corrected chi connectivity index (χ4v) is 4.07. The molecule has 1 aromatic heterocycles. The Morgan fingerprint density at radius 3 is 2.58 bits per heavy atom. The molecule has 3 rings (SSSR count). The van der Waals surface area contributed by atoms with Gasteiger partial charge in [0.2, 0.25) is 5.91 Å². The van der Waals surface area contributed by atoms with E-state index in [0.29, 0.717) is 6.54 Å². The quantitative estimate of drug-likeness (QED) is 0.786. The molecule has 0 unspecified atom stereocenters. The molecule has 2 aromatic rings. The molecule has 1 saturated heterocycles. The van der Waals surface area contributed by atoms with E-state index in [1.54, 1.807) is 11.3 Å². The van der Waals surface area contributed by atoms with Crippen molar-refractivity contribution in [1.29, 1.82) is 0 Å². The summed E-state index contributed by atoms with van der Waals surface area (Å²) in [5, 5.41) is 5.92. The van der Waals surface area contributed by atoms with E-state index >= 15 is 0 Å². The Bertz CT molecular complexity index is 682. The van der Waals surface area contributed by atoms with Crippen LogP contribution in [0.5, 0.6) is 0 Å². The van der Waals surface area contributed by atoms with Crippen molar-refractivity contribution in [3.63, 3.8) is 0 Å². The Balaban J connectivity index is 1.39. The van der Waals surface area contributed by atoms with Crippen LogP contribution in [0.4, 0.5) is 0 Å². The van der Waals surface area contributed by atoms with E-state index in [1.807, 2.05) is 25.1 Å². The average molecular weight is 392 g/mol. The Hall–Kier alpha value is -1.40. The van der Waals surface area contributed by atoms with Crippen LogP contribution in [0.15, 0.2) is 41.8 Å². The normalized spacial score (nSPS) is 17.2. The van der Waals surface area contributed by atoms with E-state index in [2.05, 4.69) is 38.7 Å². The molecule has 0 bridgehead atoms. The van der Waals surface area contributed by atoms with E-state index in [9.17, 15) is 4.79 Å². The number of thiophene rings is 1. The van der Waals surface area contributed by atoms with E-state index < -0.39 is 0 Å². The smallest absolute Gasteiger partial charge is 0.237 e. The number of nitrogens with zero attached hydrogens (tertiary/aromatic N) is 2. The molecule has 0 saturated carbocycles. The number of hydrogen-bond donors (Lipinski definition) is 1. The fraction of sp³-hybridized carbons (Fsp3) is 0.450. The van der Waals surface area contributed by atoms with Crippen molar-refractivity contribution in [3.8, 4) is 0 Å². The Morgan fingerprint density at radius 1 is 1.19 bits per heavy atom. The van der Waals surface area contributed by atoms with Gasteiger partial charge >= 0.3 is 0 Å². The van der Waals surface area contributed by atoms with Crippen LogP contribution < -0.4 is 5.32 Å². The van der Waals surface area contributed by atoms with Crippen LogP contribution in [0.25, 0.3) is 0 Å². The van der Waals surface area contributed by atoms with E-state index in [-0.39, 0.29) is 11.9 Å². The fourth-order valence-electron chi connectivity index (χ4n) is 3.23. The summed E-state index contributed by atoms with van der Waals surface area (Å²) in [4.78, 5) is 18.4. The summed E-state index contributed by atoms with van der Waals surface area (Å²) in [5.74, 6) is 0.132. The largest absolute Gasteiger partial charge is 0.354 e. The minimum absolute atomic E-state index is 0.0731. The number of halogens is 1. The van der Waals surface area contributed by atoms with Crippen molar-refractivity contribution >= 4 is 28.8 Å². The lowest BCUT2D eigenvalue weighted by Gasteiger charge is -2.37. The molecule has 2 heterocycles. The first-order valence-electron chi connectivity index (χ1n) is 9.13. The number of amides is 1. The van der Waals surface area contributed by atoms with Crippen molar-refractivity contribution in [2.24, 2.45) is 0 Å². The van der Waals surface area contributed by atoms with Gasteiger partial charge in [-0.15, -0.1) is 11.3 Å².